The third kappa shape index (κ3) is 3.43. The summed E-state index contributed by atoms with van der Waals surface area (Å²) in [5.41, 5.74) is 0.0134. The highest BCUT2D eigenvalue weighted by Gasteiger charge is 2.12. The number of halogens is 2. The van der Waals surface area contributed by atoms with Crippen molar-refractivity contribution in [2.75, 3.05) is 5.32 Å². The van der Waals surface area contributed by atoms with E-state index in [0.717, 1.165) is 6.20 Å². The summed E-state index contributed by atoms with van der Waals surface area (Å²) in [5.74, 6) is -0.678. The average Bonchev–Trinajstić information content (AvgIpc) is 2.86. The molecule has 0 aliphatic carbocycles. The molecule has 0 saturated carbocycles. The second-order valence-corrected chi connectivity index (χ2v) is 3.51. The van der Waals surface area contributed by atoms with Gasteiger partial charge in [-0.2, -0.15) is 13.6 Å². The summed E-state index contributed by atoms with van der Waals surface area (Å²) < 4.78 is 28.0. The molecule has 0 unspecified atom stereocenters. The molecule has 2 heterocycles. The molecule has 0 fully saturated rings. The number of pyridine rings is 1. The fraction of sp³-hybridized carbons (Fsp3) is 0.300. The first-order chi connectivity index (χ1) is 9.58. The molecule has 0 aromatic carbocycles. The first-order valence-corrected chi connectivity index (χ1v) is 5.58. The van der Waals surface area contributed by atoms with Gasteiger partial charge in [0.15, 0.2) is 0 Å². The zero-order valence-electron chi connectivity index (χ0n) is 10.3. The van der Waals surface area contributed by atoms with E-state index in [-0.39, 0.29) is 17.4 Å². The van der Waals surface area contributed by atoms with E-state index >= 15 is 0 Å². The molecule has 2 rings (SSSR count). The van der Waals surface area contributed by atoms with Crippen LogP contribution < -0.4 is 10.1 Å². The molecule has 2 aromatic heterocycles. The molecule has 0 spiro atoms. The van der Waals surface area contributed by atoms with E-state index in [9.17, 15) is 13.6 Å². The van der Waals surface area contributed by atoms with Gasteiger partial charge in [0.2, 0.25) is 0 Å². The molecular weight excluding hydrogens is 274 g/mol. The van der Waals surface area contributed by atoms with E-state index in [4.69, 9.17) is 0 Å². The number of aryl methyl sites for hydroxylation is 1. The quantitative estimate of drug-likeness (QED) is 0.878. The Morgan fingerprint density at radius 2 is 2.30 bits per heavy atom. The van der Waals surface area contributed by atoms with Crippen LogP contribution in [0, 0.1) is 0 Å². The lowest BCUT2D eigenvalue weighted by Crippen LogP contribution is -2.15. The number of aromatic nitrogens is 5. The van der Waals surface area contributed by atoms with Crippen LogP contribution in [0.2, 0.25) is 0 Å². The highest BCUT2D eigenvalue weighted by molar-refractivity contribution is 6.01. The summed E-state index contributed by atoms with van der Waals surface area (Å²) in [6.45, 7) is -0.609. The minimum Gasteiger partial charge on any atom is -0.433 e. The number of amides is 1. The number of ether oxygens (including phenoxy) is 1. The van der Waals surface area contributed by atoms with Gasteiger partial charge in [-0.3, -0.25) is 10.1 Å². The van der Waals surface area contributed by atoms with Gasteiger partial charge in [-0.25, -0.2) is 4.98 Å². The van der Waals surface area contributed by atoms with E-state index in [1.807, 2.05) is 6.92 Å². The molecule has 0 bridgehead atoms. The van der Waals surface area contributed by atoms with Gasteiger partial charge in [0.05, 0.1) is 12.7 Å². The zero-order valence-corrected chi connectivity index (χ0v) is 10.3. The van der Waals surface area contributed by atoms with Crippen molar-refractivity contribution in [2.24, 2.45) is 0 Å². The molecule has 0 aliphatic rings. The Balaban J connectivity index is 2.01. The molecule has 10 heteroatoms. The van der Waals surface area contributed by atoms with Gasteiger partial charge in [-0.1, -0.05) is 5.10 Å². The molecular formula is C10H10F2N6O2. The third-order valence-corrected chi connectivity index (χ3v) is 2.16. The molecule has 1 N–H and O–H groups in total. The lowest BCUT2D eigenvalue weighted by molar-refractivity contribution is -0.0500. The fourth-order valence-corrected chi connectivity index (χ4v) is 1.28. The summed E-state index contributed by atoms with van der Waals surface area (Å²) >= 11 is 0. The molecule has 0 saturated heterocycles. The molecule has 1 amide bonds. The number of hydrogen-bond acceptors (Lipinski definition) is 6. The van der Waals surface area contributed by atoms with E-state index in [2.05, 4.69) is 30.4 Å². The molecule has 8 nitrogen and oxygen atoms in total. The Bertz CT molecular complexity index is 586. The number of hydrogen-bond donors (Lipinski definition) is 1. The smallest absolute Gasteiger partial charge is 0.387 e. The summed E-state index contributed by atoms with van der Waals surface area (Å²) in [6, 6.07) is 2.46. The van der Waals surface area contributed by atoms with Gasteiger partial charge in [0.1, 0.15) is 11.4 Å². The molecule has 20 heavy (non-hydrogen) atoms. The summed E-state index contributed by atoms with van der Waals surface area (Å²) in [7, 11) is 0. The minimum atomic E-state index is -2.94. The monoisotopic (exact) mass is 284 g/mol. The maximum Gasteiger partial charge on any atom is 0.387 e. The Labute approximate surface area is 111 Å². The van der Waals surface area contributed by atoms with E-state index < -0.39 is 12.5 Å². The van der Waals surface area contributed by atoms with Crippen LogP contribution in [0.15, 0.2) is 18.3 Å². The Kier molecular flexibility index (Phi) is 4.13. The van der Waals surface area contributed by atoms with Gasteiger partial charge >= 0.3 is 6.61 Å². The predicted octanol–water partition coefficient (Wildman–Crippen LogP) is 0.942. The van der Waals surface area contributed by atoms with Crippen LogP contribution in [0.5, 0.6) is 5.75 Å². The number of carbonyl (C=O) groups excluding carboxylic acids is 1. The third-order valence-electron chi connectivity index (χ3n) is 2.16. The van der Waals surface area contributed by atoms with Crippen LogP contribution in [0.25, 0.3) is 0 Å². The molecule has 0 radical (unpaired) electrons. The van der Waals surface area contributed by atoms with Crippen LogP contribution in [0.1, 0.15) is 17.4 Å². The highest BCUT2D eigenvalue weighted by atomic mass is 19.3. The van der Waals surface area contributed by atoms with Crippen molar-refractivity contribution in [1.29, 1.82) is 0 Å². The number of rotatable bonds is 5. The lowest BCUT2D eigenvalue weighted by atomic mass is 10.3. The molecule has 106 valence electrons. The topological polar surface area (TPSA) is 94.8 Å². The number of nitrogens with zero attached hydrogens (tertiary/aromatic N) is 5. The van der Waals surface area contributed by atoms with Crippen LogP contribution >= 0.6 is 0 Å². The highest BCUT2D eigenvalue weighted by Crippen LogP contribution is 2.12. The fourth-order valence-electron chi connectivity index (χ4n) is 1.28. The van der Waals surface area contributed by atoms with Gasteiger partial charge < -0.3 is 4.74 Å². The maximum absolute atomic E-state index is 11.9. The van der Waals surface area contributed by atoms with Gasteiger partial charge in [0.25, 0.3) is 11.9 Å². The molecule has 0 atom stereocenters. The predicted molar refractivity (Wildman–Crippen MR) is 62.3 cm³/mol. The van der Waals surface area contributed by atoms with Crippen molar-refractivity contribution < 1.29 is 18.3 Å². The maximum atomic E-state index is 11.9. The first-order valence-electron chi connectivity index (χ1n) is 5.58. The van der Waals surface area contributed by atoms with Crippen molar-refractivity contribution in [3.05, 3.63) is 24.0 Å². The molecule has 2 aromatic rings. The number of anilines is 1. The Hall–Kier alpha value is -2.65. The first kappa shape index (κ1) is 13.8. The Morgan fingerprint density at radius 3 is 2.85 bits per heavy atom. The van der Waals surface area contributed by atoms with Crippen LogP contribution in [0.3, 0.4) is 0 Å². The van der Waals surface area contributed by atoms with E-state index in [1.165, 1.54) is 16.9 Å². The van der Waals surface area contributed by atoms with Crippen molar-refractivity contribution in [3.8, 4) is 5.75 Å². The van der Waals surface area contributed by atoms with Gasteiger partial charge in [0, 0.05) is 0 Å². The van der Waals surface area contributed by atoms with Gasteiger partial charge in [-0.15, -0.1) is 5.10 Å². The van der Waals surface area contributed by atoms with Crippen molar-refractivity contribution in [2.45, 2.75) is 20.1 Å². The normalized spacial score (nSPS) is 10.6. The van der Waals surface area contributed by atoms with Crippen molar-refractivity contribution in [1.82, 2.24) is 25.2 Å². The zero-order chi connectivity index (χ0) is 14.5. The Morgan fingerprint density at radius 1 is 1.50 bits per heavy atom. The van der Waals surface area contributed by atoms with Crippen LogP contribution in [-0.4, -0.2) is 37.7 Å². The van der Waals surface area contributed by atoms with Crippen LogP contribution in [0.4, 0.5) is 14.7 Å². The number of carbonyl (C=O) groups is 1. The number of tetrazole rings is 1. The average molecular weight is 284 g/mol. The summed E-state index contributed by atoms with van der Waals surface area (Å²) in [4.78, 5) is 16.8. The summed E-state index contributed by atoms with van der Waals surface area (Å²) in [5, 5.41) is 13.5. The standard InChI is InChI=1S/C10H10F2N6O2/c1-2-18-16-10(15-17-18)14-8(19)7-4-3-6(5-13-7)20-9(11)12/h3-5,9H,2H2,1H3,(H,14,16,19). The van der Waals surface area contributed by atoms with Crippen molar-refractivity contribution in [3.63, 3.8) is 0 Å². The second kappa shape index (κ2) is 5.99. The van der Waals surface area contributed by atoms with Crippen LogP contribution in [-0.2, 0) is 6.54 Å². The van der Waals surface area contributed by atoms with E-state index in [0.29, 0.717) is 6.54 Å². The largest absolute Gasteiger partial charge is 0.433 e. The van der Waals surface area contributed by atoms with E-state index in [1.54, 1.807) is 0 Å². The summed E-state index contributed by atoms with van der Waals surface area (Å²) in [6.07, 6.45) is 1.03. The minimum absolute atomic E-state index is 0.0134. The van der Waals surface area contributed by atoms with Gasteiger partial charge in [-0.05, 0) is 24.3 Å². The lowest BCUT2D eigenvalue weighted by Gasteiger charge is -2.04. The van der Waals surface area contributed by atoms with Crippen molar-refractivity contribution >= 4 is 11.9 Å². The SMILES string of the molecule is CCn1nnc(NC(=O)c2ccc(OC(F)F)cn2)n1. The second-order valence-electron chi connectivity index (χ2n) is 3.51. The number of alkyl halides is 2. The number of nitrogens with one attached hydrogen (secondary N) is 1. The molecule has 0 aliphatic heterocycles.